The molecular formula is C21H24N4O4S. The number of benzene rings is 2. The molecule has 2 aromatic carbocycles. The number of carbonyl (C=O) groups is 2. The number of fused-ring (bicyclic) bond motifs is 1. The van der Waals surface area contributed by atoms with Gasteiger partial charge in [-0.1, -0.05) is 37.3 Å². The Morgan fingerprint density at radius 1 is 1.13 bits per heavy atom. The smallest absolute Gasteiger partial charge is 0.263 e. The molecule has 30 heavy (non-hydrogen) atoms. The first kappa shape index (κ1) is 21.5. The Kier molecular flexibility index (Phi) is 6.21. The molecule has 2 amide bonds. The number of nitrogens with one attached hydrogen (secondary N) is 2. The zero-order valence-corrected chi connectivity index (χ0v) is 17.9. The summed E-state index contributed by atoms with van der Waals surface area (Å²) in [7, 11) is -2.17. The molecule has 0 spiro atoms. The molecule has 0 saturated heterocycles. The summed E-state index contributed by atoms with van der Waals surface area (Å²) in [5.74, 6) is -0.593. The lowest BCUT2D eigenvalue weighted by atomic mass is 10.1. The fraction of sp³-hybridized carbons (Fsp3) is 0.286. The van der Waals surface area contributed by atoms with E-state index in [9.17, 15) is 18.0 Å². The van der Waals surface area contributed by atoms with Crippen molar-refractivity contribution in [3.8, 4) is 0 Å². The van der Waals surface area contributed by atoms with Gasteiger partial charge in [-0.25, -0.2) is 8.42 Å². The van der Waals surface area contributed by atoms with E-state index >= 15 is 0 Å². The van der Waals surface area contributed by atoms with Crippen LogP contribution in [0.4, 0.5) is 5.69 Å². The zero-order valence-electron chi connectivity index (χ0n) is 17.0. The molecule has 1 aliphatic rings. The number of hydrogen-bond acceptors (Lipinski definition) is 5. The highest BCUT2D eigenvalue weighted by Gasteiger charge is 2.31. The van der Waals surface area contributed by atoms with Gasteiger partial charge in [0.15, 0.2) is 0 Å². The number of hydrogen-bond donors (Lipinski definition) is 2. The summed E-state index contributed by atoms with van der Waals surface area (Å²) in [5, 5.41) is 2.82. The van der Waals surface area contributed by atoms with E-state index in [0.717, 1.165) is 17.7 Å². The number of aliphatic imine (C=N–C) groups is 1. The number of amides is 2. The lowest BCUT2D eigenvalue weighted by Crippen LogP contribution is -2.40. The summed E-state index contributed by atoms with van der Waals surface area (Å²) in [6.07, 6.45) is 0.775. The van der Waals surface area contributed by atoms with Crippen molar-refractivity contribution in [3.05, 3.63) is 59.7 Å². The highest BCUT2D eigenvalue weighted by atomic mass is 32.2. The van der Waals surface area contributed by atoms with Crippen molar-refractivity contribution in [2.45, 2.75) is 31.2 Å². The van der Waals surface area contributed by atoms with Crippen LogP contribution in [0.15, 0.2) is 58.4 Å². The number of carbonyl (C=O) groups excluding carboxylic acids is 2. The molecule has 1 aliphatic heterocycles. The second-order valence-electron chi connectivity index (χ2n) is 7.01. The molecule has 1 heterocycles. The minimum Gasteiger partial charge on any atom is -0.335 e. The third kappa shape index (κ3) is 4.51. The molecule has 0 saturated carbocycles. The summed E-state index contributed by atoms with van der Waals surface area (Å²) in [6, 6.07) is 13.1. The van der Waals surface area contributed by atoms with Gasteiger partial charge in [-0.3, -0.25) is 19.3 Å². The van der Waals surface area contributed by atoms with E-state index in [1.54, 1.807) is 25.1 Å². The molecule has 8 nitrogen and oxygen atoms in total. The first-order valence-corrected chi connectivity index (χ1v) is 11.0. The van der Waals surface area contributed by atoms with Crippen LogP contribution in [0.25, 0.3) is 0 Å². The Labute approximate surface area is 176 Å². The number of likely N-dealkylation sites (N-methyl/N-ethyl adjacent to an activating group) is 1. The minimum atomic E-state index is -3.68. The predicted molar refractivity (Wildman–Crippen MR) is 115 cm³/mol. The van der Waals surface area contributed by atoms with E-state index in [-0.39, 0.29) is 23.2 Å². The number of nitrogens with zero attached hydrogens (tertiary/aromatic N) is 2. The predicted octanol–water partition coefficient (Wildman–Crippen LogP) is 1.77. The fourth-order valence-electron chi connectivity index (χ4n) is 3.23. The van der Waals surface area contributed by atoms with E-state index in [0.29, 0.717) is 5.56 Å². The summed E-state index contributed by atoms with van der Waals surface area (Å²) < 4.78 is 26.7. The van der Waals surface area contributed by atoms with Gasteiger partial charge in [0.05, 0.1) is 11.4 Å². The maximum atomic E-state index is 12.7. The summed E-state index contributed by atoms with van der Waals surface area (Å²) in [5.41, 5.74) is 2.15. The average molecular weight is 429 g/mol. The molecule has 158 valence electrons. The Balaban J connectivity index is 1.68. The fourth-order valence-corrected chi connectivity index (χ4v) is 4.47. The number of aryl methyl sites for hydroxylation is 1. The van der Waals surface area contributed by atoms with Gasteiger partial charge in [0.2, 0.25) is 11.8 Å². The Morgan fingerprint density at radius 3 is 2.53 bits per heavy atom. The molecule has 0 fully saturated rings. The van der Waals surface area contributed by atoms with Crippen molar-refractivity contribution >= 4 is 33.4 Å². The molecule has 2 aromatic rings. The van der Waals surface area contributed by atoms with Crippen LogP contribution in [-0.4, -0.2) is 50.6 Å². The molecule has 0 bridgehead atoms. The van der Waals surface area contributed by atoms with E-state index in [1.807, 2.05) is 31.2 Å². The Hall–Kier alpha value is -3.20. The van der Waals surface area contributed by atoms with Crippen LogP contribution in [-0.2, 0) is 26.0 Å². The number of sulfonamides is 1. The van der Waals surface area contributed by atoms with Gasteiger partial charge in [-0.15, -0.1) is 0 Å². The van der Waals surface area contributed by atoms with Crippen LogP contribution in [0.1, 0.15) is 25.0 Å². The lowest BCUT2D eigenvalue weighted by molar-refractivity contribution is -0.134. The molecule has 0 unspecified atom stereocenters. The maximum absolute atomic E-state index is 12.7. The van der Waals surface area contributed by atoms with Gasteiger partial charge in [0, 0.05) is 18.3 Å². The van der Waals surface area contributed by atoms with Crippen LogP contribution < -0.4 is 10.0 Å². The number of para-hydroxylation sites is 1. The molecule has 0 aromatic heterocycles. The molecular weight excluding hydrogens is 404 g/mol. The molecule has 0 aliphatic carbocycles. The van der Waals surface area contributed by atoms with E-state index in [1.165, 1.54) is 18.0 Å². The van der Waals surface area contributed by atoms with E-state index < -0.39 is 22.0 Å². The SMILES string of the molecule is CCc1ccccc1NC(=O)CN(C)C(=O)[C@H](C)N=C1NS(=O)(=O)c2ccccc21. The highest BCUT2D eigenvalue weighted by Crippen LogP contribution is 2.22. The Bertz CT molecular complexity index is 1110. The van der Waals surface area contributed by atoms with Crippen LogP contribution in [0.3, 0.4) is 0 Å². The van der Waals surface area contributed by atoms with Crippen LogP contribution in [0, 0.1) is 0 Å². The summed E-state index contributed by atoms with van der Waals surface area (Å²) in [6.45, 7) is 3.41. The summed E-state index contributed by atoms with van der Waals surface area (Å²) >= 11 is 0. The van der Waals surface area contributed by atoms with Gasteiger partial charge in [-0.05, 0) is 37.1 Å². The Morgan fingerprint density at radius 2 is 1.80 bits per heavy atom. The summed E-state index contributed by atoms with van der Waals surface area (Å²) in [4.78, 5) is 30.7. The number of amidine groups is 1. The lowest BCUT2D eigenvalue weighted by Gasteiger charge is -2.20. The van der Waals surface area contributed by atoms with Gasteiger partial charge in [0.25, 0.3) is 10.0 Å². The first-order chi connectivity index (χ1) is 14.2. The van der Waals surface area contributed by atoms with Crippen molar-refractivity contribution in [3.63, 3.8) is 0 Å². The van der Waals surface area contributed by atoms with Gasteiger partial charge in [-0.2, -0.15) is 0 Å². The van der Waals surface area contributed by atoms with Gasteiger partial charge in [0.1, 0.15) is 11.9 Å². The van der Waals surface area contributed by atoms with Crippen LogP contribution >= 0.6 is 0 Å². The van der Waals surface area contributed by atoms with Crippen molar-refractivity contribution < 1.29 is 18.0 Å². The van der Waals surface area contributed by atoms with Crippen molar-refractivity contribution in [2.24, 2.45) is 4.99 Å². The zero-order chi connectivity index (χ0) is 21.9. The second kappa shape index (κ2) is 8.66. The number of anilines is 1. The number of rotatable bonds is 6. The van der Waals surface area contributed by atoms with Crippen molar-refractivity contribution in [2.75, 3.05) is 18.9 Å². The normalized spacial score (nSPS) is 16.4. The van der Waals surface area contributed by atoms with E-state index in [2.05, 4.69) is 15.0 Å². The van der Waals surface area contributed by atoms with Crippen molar-refractivity contribution in [1.29, 1.82) is 0 Å². The molecule has 0 radical (unpaired) electrons. The van der Waals surface area contributed by atoms with Crippen LogP contribution in [0.5, 0.6) is 0 Å². The molecule has 2 N–H and O–H groups in total. The van der Waals surface area contributed by atoms with Gasteiger partial charge >= 0.3 is 0 Å². The first-order valence-electron chi connectivity index (χ1n) is 9.55. The largest absolute Gasteiger partial charge is 0.335 e. The maximum Gasteiger partial charge on any atom is 0.263 e. The molecule has 9 heteroatoms. The van der Waals surface area contributed by atoms with Gasteiger partial charge < -0.3 is 10.2 Å². The minimum absolute atomic E-state index is 0.126. The third-order valence-electron chi connectivity index (χ3n) is 4.77. The average Bonchev–Trinajstić information content (AvgIpc) is 2.97. The second-order valence-corrected chi connectivity index (χ2v) is 8.66. The third-order valence-corrected chi connectivity index (χ3v) is 6.17. The monoisotopic (exact) mass is 428 g/mol. The quantitative estimate of drug-likeness (QED) is 0.731. The molecule has 3 rings (SSSR count). The topological polar surface area (TPSA) is 108 Å². The standard InChI is InChI=1S/C21H24N4O4S/c1-4-15-9-5-7-11-17(15)23-19(26)13-25(3)21(27)14(2)22-20-16-10-6-8-12-18(16)30(28,29)24-20/h5-12,14H,4,13H2,1-3H3,(H,22,24)(H,23,26)/t14-/m0/s1. The molecule has 1 atom stereocenters. The highest BCUT2D eigenvalue weighted by molar-refractivity contribution is 7.90. The van der Waals surface area contributed by atoms with Crippen LogP contribution in [0.2, 0.25) is 0 Å². The van der Waals surface area contributed by atoms with E-state index in [4.69, 9.17) is 0 Å². The van der Waals surface area contributed by atoms with Crippen molar-refractivity contribution in [1.82, 2.24) is 9.62 Å².